The second-order valence-electron chi connectivity index (χ2n) is 5.70. The molecule has 0 aliphatic carbocycles. The van der Waals surface area contributed by atoms with Crippen molar-refractivity contribution in [1.29, 1.82) is 5.26 Å². The summed E-state index contributed by atoms with van der Waals surface area (Å²) < 4.78 is 38.6. The molecule has 124 valence electrons. The fourth-order valence-corrected chi connectivity index (χ4v) is 2.84. The maximum Gasteiger partial charge on any atom is 0.419 e. The first-order chi connectivity index (χ1) is 11.8. The van der Waals surface area contributed by atoms with E-state index in [1.807, 2.05) is 30.3 Å². The zero-order valence-electron chi connectivity index (χ0n) is 13.2. The van der Waals surface area contributed by atoms with Crippen molar-refractivity contribution in [2.24, 2.45) is 0 Å². The first-order valence-corrected chi connectivity index (χ1v) is 7.47. The van der Waals surface area contributed by atoms with E-state index in [2.05, 4.69) is 18.1 Å². The van der Waals surface area contributed by atoms with Gasteiger partial charge in [0.25, 0.3) is 0 Å². The molecule has 0 unspecified atom stereocenters. The van der Waals surface area contributed by atoms with Gasteiger partial charge in [0.15, 0.2) is 5.69 Å². The number of halogens is 3. The van der Waals surface area contributed by atoms with Crippen LogP contribution in [0.15, 0.2) is 42.5 Å². The van der Waals surface area contributed by atoms with Crippen LogP contribution in [0, 0.1) is 11.3 Å². The maximum absolute atomic E-state index is 12.9. The summed E-state index contributed by atoms with van der Waals surface area (Å²) in [4.78, 5) is 3.87. The summed E-state index contributed by atoms with van der Waals surface area (Å²) in [5.41, 5.74) is -0.444. The molecular weight excluding hydrogens is 325 g/mol. The van der Waals surface area contributed by atoms with Crippen molar-refractivity contribution in [3.8, 4) is 6.07 Å². The number of nitrogens with zero attached hydrogens (tertiary/aromatic N) is 2. The molecule has 0 fully saturated rings. The molecule has 0 amide bonds. The molecule has 3 aromatic rings. The van der Waals surface area contributed by atoms with E-state index in [-0.39, 0.29) is 6.42 Å². The van der Waals surface area contributed by atoms with Gasteiger partial charge >= 0.3 is 6.18 Å². The number of fused-ring (bicyclic) bond motifs is 1. The van der Waals surface area contributed by atoms with Crippen LogP contribution in [0.1, 0.15) is 22.5 Å². The van der Waals surface area contributed by atoms with Crippen molar-refractivity contribution >= 4 is 23.9 Å². The number of benzene rings is 2. The Kier molecular flexibility index (Phi) is 4.05. The van der Waals surface area contributed by atoms with Crippen molar-refractivity contribution in [2.45, 2.75) is 12.6 Å². The minimum Gasteiger partial charge on any atom is -0.241 e. The van der Waals surface area contributed by atoms with Gasteiger partial charge in [-0.05, 0) is 38.9 Å². The standard InChI is InChI=1S/C20H13F3N2/c1-12-9-14(13(2)17-6-4-3-5-16(12)17)10-15-7-8-18(20(21,22)23)19(11-24)25-15/h3-9H,1-2,10H2. The van der Waals surface area contributed by atoms with Crippen LogP contribution in [0.3, 0.4) is 0 Å². The molecule has 0 saturated carbocycles. The van der Waals surface area contributed by atoms with E-state index in [0.29, 0.717) is 5.69 Å². The van der Waals surface area contributed by atoms with Gasteiger partial charge in [0.05, 0.1) is 5.56 Å². The summed E-state index contributed by atoms with van der Waals surface area (Å²) in [6.45, 7) is 8.11. The van der Waals surface area contributed by atoms with Crippen molar-refractivity contribution in [3.05, 3.63) is 75.4 Å². The van der Waals surface area contributed by atoms with E-state index >= 15 is 0 Å². The van der Waals surface area contributed by atoms with Crippen LogP contribution in [0.25, 0.3) is 23.9 Å². The number of hydrogen-bond acceptors (Lipinski definition) is 2. The molecule has 0 radical (unpaired) electrons. The average molecular weight is 338 g/mol. The second kappa shape index (κ2) is 6.06. The molecule has 3 rings (SSSR count). The monoisotopic (exact) mass is 338 g/mol. The fourth-order valence-electron chi connectivity index (χ4n) is 2.84. The predicted molar refractivity (Wildman–Crippen MR) is 91.0 cm³/mol. The number of pyridine rings is 1. The molecule has 2 aromatic carbocycles. The Balaban J connectivity index is 2.09. The highest BCUT2D eigenvalue weighted by molar-refractivity contribution is 5.84. The Bertz CT molecular complexity index is 1110. The van der Waals surface area contributed by atoms with Crippen LogP contribution < -0.4 is 10.4 Å². The molecule has 0 aliphatic heterocycles. The van der Waals surface area contributed by atoms with E-state index < -0.39 is 17.4 Å². The second-order valence-corrected chi connectivity index (χ2v) is 5.70. The summed E-state index contributed by atoms with van der Waals surface area (Å²) in [5.74, 6) is 0. The molecule has 1 aromatic heterocycles. The first-order valence-electron chi connectivity index (χ1n) is 7.47. The van der Waals surface area contributed by atoms with Crippen molar-refractivity contribution in [2.75, 3.05) is 0 Å². The lowest BCUT2D eigenvalue weighted by Gasteiger charge is -2.10. The Morgan fingerprint density at radius 1 is 1.04 bits per heavy atom. The molecule has 0 aliphatic rings. The predicted octanol–water partition coefficient (Wildman–Crippen LogP) is 3.54. The van der Waals surface area contributed by atoms with Gasteiger partial charge in [-0.3, -0.25) is 0 Å². The number of alkyl halides is 3. The molecule has 5 heteroatoms. The van der Waals surface area contributed by atoms with E-state index in [0.717, 1.165) is 32.8 Å². The number of hydrogen-bond donors (Lipinski definition) is 0. The number of aromatic nitrogens is 1. The van der Waals surface area contributed by atoms with Crippen LogP contribution in [0.5, 0.6) is 0 Å². The molecular formula is C20H13F3N2. The third-order valence-corrected chi connectivity index (χ3v) is 4.07. The van der Waals surface area contributed by atoms with Gasteiger partial charge in [-0.2, -0.15) is 18.4 Å². The molecule has 0 atom stereocenters. The van der Waals surface area contributed by atoms with Crippen molar-refractivity contribution in [1.82, 2.24) is 4.98 Å². The molecule has 0 N–H and O–H groups in total. The van der Waals surface area contributed by atoms with Gasteiger partial charge in [0.2, 0.25) is 0 Å². The van der Waals surface area contributed by atoms with Crippen LogP contribution >= 0.6 is 0 Å². The van der Waals surface area contributed by atoms with E-state index in [4.69, 9.17) is 5.26 Å². The van der Waals surface area contributed by atoms with Crippen molar-refractivity contribution < 1.29 is 13.2 Å². The SMILES string of the molecule is C=c1cc(Cc2ccc(C(F)(F)F)c(C#N)n2)c(=C)c2ccccc12. The first kappa shape index (κ1) is 16.7. The lowest BCUT2D eigenvalue weighted by atomic mass is 9.99. The summed E-state index contributed by atoms with van der Waals surface area (Å²) in [7, 11) is 0. The average Bonchev–Trinajstić information content (AvgIpc) is 2.58. The minimum atomic E-state index is -4.60. The minimum absolute atomic E-state index is 0.277. The summed E-state index contributed by atoms with van der Waals surface area (Å²) >= 11 is 0. The molecule has 2 nitrogen and oxygen atoms in total. The smallest absolute Gasteiger partial charge is 0.241 e. The molecule has 0 saturated heterocycles. The van der Waals surface area contributed by atoms with Gasteiger partial charge in [-0.1, -0.05) is 43.5 Å². The highest BCUT2D eigenvalue weighted by Gasteiger charge is 2.34. The van der Waals surface area contributed by atoms with Crippen LogP contribution in [-0.4, -0.2) is 4.98 Å². The van der Waals surface area contributed by atoms with E-state index in [1.165, 1.54) is 12.1 Å². The number of rotatable bonds is 2. The third kappa shape index (κ3) is 3.11. The Morgan fingerprint density at radius 3 is 2.36 bits per heavy atom. The molecule has 0 bridgehead atoms. The third-order valence-electron chi connectivity index (χ3n) is 4.07. The Morgan fingerprint density at radius 2 is 1.72 bits per heavy atom. The topological polar surface area (TPSA) is 36.7 Å². The summed E-state index contributed by atoms with van der Waals surface area (Å²) in [6, 6.07) is 13.2. The fraction of sp³-hybridized carbons (Fsp3) is 0.100. The Labute approximate surface area is 142 Å². The summed E-state index contributed by atoms with van der Waals surface area (Å²) in [5, 5.41) is 12.5. The van der Waals surface area contributed by atoms with Gasteiger partial charge in [-0.25, -0.2) is 4.98 Å². The van der Waals surface area contributed by atoms with Gasteiger partial charge in [-0.15, -0.1) is 0 Å². The molecule has 1 heterocycles. The van der Waals surface area contributed by atoms with Crippen molar-refractivity contribution in [3.63, 3.8) is 0 Å². The van der Waals surface area contributed by atoms with Crippen LogP contribution in [-0.2, 0) is 12.6 Å². The highest BCUT2D eigenvalue weighted by Crippen LogP contribution is 2.31. The quantitative estimate of drug-likeness (QED) is 0.717. The lowest BCUT2D eigenvalue weighted by molar-refractivity contribution is -0.138. The summed E-state index contributed by atoms with van der Waals surface area (Å²) in [6.07, 6.45) is -4.32. The maximum atomic E-state index is 12.9. The van der Waals surface area contributed by atoms with E-state index in [9.17, 15) is 13.2 Å². The van der Waals surface area contributed by atoms with Crippen LogP contribution in [0.2, 0.25) is 0 Å². The zero-order valence-corrected chi connectivity index (χ0v) is 13.2. The largest absolute Gasteiger partial charge is 0.419 e. The highest BCUT2D eigenvalue weighted by atomic mass is 19.4. The lowest BCUT2D eigenvalue weighted by Crippen LogP contribution is -2.17. The molecule has 0 spiro atoms. The van der Waals surface area contributed by atoms with Gasteiger partial charge < -0.3 is 0 Å². The van der Waals surface area contributed by atoms with Gasteiger partial charge in [0, 0.05) is 12.1 Å². The Hall–Kier alpha value is -3.13. The molecule has 25 heavy (non-hydrogen) atoms. The zero-order chi connectivity index (χ0) is 18.2. The van der Waals surface area contributed by atoms with E-state index in [1.54, 1.807) is 0 Å². The number of nitriles is 1. The van der Waals surface area contributed by atoms with Crippen LogP contribution in [0.4, 0.5) is 13.2 Å². The normalized spacial score (nSPS) is 11.4. The van der Waals surface area contributed by atoms with Gasteiger partial charge in [0.1, 0.15) is 6.07 Å².